The molecule has 0 spiro atoms. The third-order valence-corrected chi connectivity index (χ3v) is 2.81. The van der Waals surface area contributed by atoms with Gasteiger partial charge in [-0.15, -0.1) is 0 Å². The molecule has 0 aliphatic carbocycles. The normalized spacial score (nSPS) is 14.8. The van der Waals surface area contributed by atoms with Crippen molar-refractivity contribution in [3.05, 3.63) is 0 Å². The van der Waals surface area contributed by atoms with Crippen molar-refractivity contribution in [3.8, 4) is 0 Å². The van der Waals surface area contributed by atoms with Crippen LogP contribution in [-0.2, 0) is 0 Å². The first-order valence-electron chi connectivity index (χ1n) is 5.18. The lowest BCUT2D eigenvalue weighted by molar-refractivity contribution is -0.858. The lowest BCUT2D eigenvalue weighted by Gasteiger charge is -2.23. The third-order valence-electron chi connectivity index (χ3n) is 2.30. The van der Waals surface area contributed by atoms with Gasteiger partial charge in [0.1, 0.15) is 6.17 Å². The average Bonchev–Trinajstić information content (AvgIpc) is 2.11. The minimum Gasteiger partial charge on any atom is -0.340 e. The van der Waals surface area contributed by atoms with Gasteiger partial charge < -0.3 is 4.90 Å². The van der Waals surface area contributed by atoms with Crippen LogP contribution in [0.3, 0.4) is 0 Å². The minimum absolute atomic E-state index is 0.170. The number of hydrogen-bond acceptors (Lipinski definition) is 1. The number of halogens is 2. The molecule has 14 heavy (non-hydrogen) atoms. The van der Waals surface area contributed by atoms with E-state index in [-0.39, 0.29) is 5.54 Å². The van der Waals surface area contributed by atoms with Crippen molar-refractivity contribution < 1.29 is 9.29 Å². The lowest BCUT2D eigenvalue weighted by atomic mass is 9.97. The topological polar surface area (TPSA) is 16.5 Å². The van der Waals surface area contributed by atoms with Gasteiger partial charge >= 0.3 is 0 Å². The predicted molar refractivity (Wildman–Crippen MR) is 59.5 cm³/mol. The molecule has 2 N–H and O–H groups in total. The molecular weight excluding hydrogens is 203 g/mol. The summed E-state index contributed by atoms with van der Waals surface area (Å²) in [6.45, 7) is 4.84. The second-order valence-corrected chi connectivity index (χ2v) is 5.05. The van der Waals surface area contributed by atoms with Gasteiger partial charge in [-0.3, -0.25) is 0 Å². The number of alkyl halides is 1. The second-order valence-electron chi connectivity index (χ2n) is 4.86. The summed E-state index contributed by atoms with van der Waals surface area (Å²) < 4.78 is 13.3. The monoisotopic (exact) mass is 225 g/mol. The van der Waals surface area contributed by atoms with E-state index in [0.29, 0.717) is 12.8 Å². The van der Waals surface area contributed by atoms with Gasteiger partial charge in [0.2, 0.25) is 0 Å². The first-order valence-corrected chi connectivity index (χ1v) is 5.56. The molecule has 0 heterocycles. The van der Waals surface area contributed by atoms with Gasteiger partial charge in [0.15, 0.2) is 0 Å². The molecule has 0 aromatic rings. The Morgan fingerprint density at radius 1 is 1.36 bits per heavy atom. The Bertz CT molecular complexity index is 151. The zero-order valence-corrected chi connectivity index (χ0v) is 10.4. The van der Waals surface area contributed by atoms with E-state index < -0.39 is 6.17 Å². The summed E-state index contributed by atoms with van der Waals surface area (Å²) in [4.78, 5) is 3.96. The van der Waals surface area contributed by atoms with Crippen LogP contribution in [0.15, 0.2) is 0 Å². The molecule has 0 saturated carbocycles. The second kappa shape index (κ2) is 6.59. The van der Waals surface area contributed by atoms with Crippen molar-refractivity contribution in [2.24, 2.45) is 0 Å². The molecule has 0 radical (unpaired) electrons. The van der Waals surface area contributed by atoms with Crippen LogP contribution in [0.25, 0.3) is 0 Å². The zero-order valence-electron chi connectivity index (χ0n) is 9.66. The smallest absolute Gasteiger partial charge is 0.106 e. The number of quaternary nitrogens is 1. The molecule has 1 atom stereocenters. The van der Waals surface area contributed by atoms with Crippen LogP contribution in [-0.4, -0.2) is 32.4 Å². The number of nitrogens with one attached hydrogen (secondary N) is 2. The largest absolute Gasteiger partial charge is 0.340 e. The Balaban J connectivity index is 3.58. The van der Waals surface area contributed by atoms with Gasteiger partial charge in [0, 0.05) is 12.0 Å². The Hall–Kier alpha value is 0.140. The van der Waals surface area contributed by atoms with E-state index >= 15 is 0 Å². The van der Waals surface area contributed by atoms with E-state index in [1.807, 2.05) is 27.9 Å². The standard InChI is InChI=1S/C10H22ClFN2/c1-10(2,13-11)7-5-9(12)6-8-14(3)4/h9,13H,5-8H2,1-4H3/p+1. The molecule has 0 fully saturated rings. The third kappa shape index (κ3) is 7.54. The average molecular weight is 226 g/mol. The Labute approximate surface area is 91.9 Å². The first-order chi connectivity index (χ1) is 6.37. The first kappa shape index (κ1) is 14.1. The fourth-order valence-electron chi connectivity index (χ4n) is 1.15. The SMILES string of the molecule is C[NH+](C)CCC(F)CCC(C)(C)NCl. The van der Waals surface area contributed by atoms with E-state index in [9.17, 15) is 4.39 Å². The van der Waals surface area contributed by atoms with Crippen LogP contribution in [0.1, 0.15) is 33.1 Å². The Morgan fingerprint density at radius 2 is 1.93 bits per heavy atom. The van der Waals surface area contributed by atoms with Crippen molar-refractivity contribution in [3.63, 3.8) is 0 Å². The van der Waals surface area contributed by atoms with Gasteiger partial charge in [0.05, 0.1) is 20.6 Å². The summed E-state index contributed by atoms with van der Waals surface area (Å²) in [5, 5.41) is 0. The molecule has 0 aromatic carbocycles. The molecule has 86 valence electrons. The van der Waals surface area contributed by atoms with Crippen molar-refractivity contribution in [1.82, 2.24) is 4.84 Å². The molecule has 0 saturated heterocycles. The number of rotatable bonds is 7. The van der Waals surface area contributed by atoms with Crippen LogP contribution < -0.4 is 9.74 Å². The molecule has 0 bridgehead atoms. The van der Waals surface area contributed by atoms with E-state index in [0.717, 1.165) is 13.0 Å². The van der Waals surface area contributed by atoms with E-state index in [2.05, 4.69) is 4.84 Å². The van der Waals surface area contributed by atoms with Gasteiger partial charge in [-0.2, -0.15) is 0 Å². The van der Waals surface area contributed by atoms with Crippen molar-refractivity contribution in [2.45, 2.75) is 44.8 Å². The summed E-state index contributed by atoms with van der Waals surface area (Å²) in [5.41, 5.74) is -0.170. The summed E-state index contributed by atoms with van der Waals surface area (Å²) in [7, 11) is 4.08. The van der Waals surface area contributed by atoms with Crippen LogP contribution in [0, 0.1) is 0 Å². The highest BCUT2D eigenvalue weighted by Crippen LogP contribution is 2.16. The fourth-order valence-corrected chi connectivity index (χ4v) is 1.25. The molecule has 0 rings (SSSR count). The van der Waals surface area contributed by atoms with Crippen LogP contribution >= 0.6 is 11.8 Å². The van der Waals surface area contributed by atoms with Crippen molar-refractivity contribution >= 4 is 11.8 Å². The number of hydrogen-bond donors (Lipinski definition) is 2. The summed E-state index contributed by atoms with van der Waals surface area (Å²) in [6, 6.07) is 0. The molecular formula is C10H23ClFN2+. The molecule has 0 amide bonds. The van der Waals surface area contributed by atoms with Crippen molar-refractivity contribution in [2.75, 3.05) is 20.6 Å². The maximum absolute atomic E-state index is 13.3. The van der Waals surface area contributed by atoms with Crippen LogP contribution in [0.2, 0.25) is 0 Å². The molecule has 0 aliphatic heterocycles. The highest BCUT2D eigenvalue weighted by molar-refractivity contribution is 6.13. The lowest BCUT2D eigenvalue weighted by Crippen LogP contribution is -3.05. The summed E-state index contributed by atoms with van der Waals surface area (Å²) >= 11 is 5.53. The van der Waals surface area contributed by atoms with Gasteiger partial charge in [-0.1, -0.05) is 0 Å². The Kier molecular flexibility index (Phi) is 6.66. The molecule has 1 unspecified atom stereocenters. The summed E-state index contributed by atoms with van der Waals surface area (Å²) in [6.07, 6.45) is 1.29. The minimum atomic E-state index is -0.700. The predicted octanol–water partition coefficient (Wildman–Crippen LogP) is 1.16. The van der Waals surface area contributed by atoms with Gasteiger partial charge in [-0.25, -0.2) is 9.23 Å². The van der Waals surface area contributed by atoms with Gasteiger partial charge in [0.25, 0.3) is 0 Å². The van der Waals surface area contributed by atoms with Crippen molar-refractivity contribution in [1.29, 1.82) is 0 Å². The Morgan fingerprint density at radius 3 is 2.36 bits per heavy atom. The summed E-state index contributed by atoms with van der Waals surface area (Å²) in [5.74, 6) is 0. The molecule has 0 aliphatic rings. The fraction of sp³-hybridized carbons (Fsp3) is 1.00. The van der Waals surface area contributed by atoms with E-state index in [4.69, 9.17) is 11.8 Å². The molecule has 0 aromatic heterocycles. The maximum atomic E-state index is 13.3. The zero-order chi connectivity index (χ0) is 11.2. The van der Waals surface area contributed by atoms with Crippen LogP contribution in [0.5, 0.6) is 0 Å². The molecule has 4 heteroatoms. The highest BCUT2D eigenvalue weighted by Gasteiger charge is 2.18. The van der Waals surface area contributed by atoms with E-state index in [1.165, 1.54) is 4.90 Å². The van der Waals surface area contributed by atoms with Crippen LogP contribution in [0.4, 0.5) is 4.39 Å². The van der Waals surface area contributed by atoms with E-state index in [1.54, 1.807) is 0 Å². The highest BCUT2D eigenvalue weighted by atomic mass is 35.5. The maximum Gasteiger partial charge on any atom is 0.106 e. The van der Waals surface area contributed by atoms with Gasteiger partial charge in [-0.05, 0) is 38.5 Å². The molecule has 2 nitrogen and oxygen atoms in total. The quantitative estimate of drug-likeness (QED) is 0.622.